The number of nitrogens with one attached hydrogen (secondary N) is 2. The average Bonchev–Trinajstić information content (AvgIpc) is 2.82. The molecule has 3 rings (SSSR count). The largest absolute Gasteiger partial charge is 0.342 e. The van der Waals surface area contributed by atoms with Crippen molar-refractivity contribution in [3.05, 3.63) is 29.6 Å². The van der Waals surface area contributed by atoms with Crippen LogP contribution >= 0.6 is 0 Å². The summed E-state index contributed by atoms with van der Waals surface area (Å²) in [5, 5.41) is 2.90. The maximum Gasteiger partial charge on any atom is 0.317 e. The molecule has 1 aliphatic heterocycles. The van der Waals surface area contributed by atoms with E-state index in [4.69, 9.17) is 0 Å². The Morgan fingerprint density at radius 2 is 1.96 bits per heavy atom. The monoisotopic (exact) mass is 343 g/mol. The SMILES string of the molecule is CCCNC(=O)N1CCCN(C(=O)c2ccc3nc(C)[nH]c3c2)CC1. The van der Waals surface area contributed by atoms with E-state index in [2.05, 4.69) is 15.3 Å². The van der Waals surface area contributed by atoms with Crippen molar-refractivity contribution in [3.8, 4) is 0 Å². The lowest BCUT2D eigenvalue weighted by atomic mass is 10.1. The molecule has 1 aromatic heterocycles. The summed E-state index contributed by atoms with van der Waals surface area (Å²) in [6.07, 6.45) is 1.70. The number of carbonyl (C=O) groups is 2. The third-order valence-electron chi connectivity index (χ3n) is 4.44. The van der Waals surface area contributed by atoms with E-state index in [0.717, 1.165) is 29.7 Å². The zero-order valence-corrected chi connectivity index (χ0v) is 14.8. The van der Waals surface area contributed by atoms with Crippen LogP contribution in [0.2, 0.25) is 0 Å². The lowest BCUT2D eigenvalue weighted by Gasteiger charge is -2.22. The Morgan fingerprint density at radius 3 is 2.76 bits per heavy atom. The molecule has 25 heavy (non-hydrogen) atoms. The van der Waals surface area contributed by atoms with Crippen LogP contribution < -0.4 is 5.32 Å². The quantitative estimate of drug-likeness (QED) is 0.896. The molecule has 1 saturated heterocycles. The summed E-state index contributed by atoms with van der Waals surface area (Å²) >= 11 is 0. The third kappa shape index (κ3) is 3.92. The summed E-state index contributed by atoms with van der Waals surface area (Å²) in [7, 11) is 0. The number of carbonyl (C=O) groups excluding carboxylic acids is 2. The Balaban J connectivity index is 1.66. The van der Waals surface area contributed by atoms with Crippen molar-refractivity contribution in [1.82, 2.24) is 25.1 Å². The normalized spacial score (nSPS) is 15.3. The number of imidazole rings is 1. The molecule has 0 atom stereocenters. The van der Waals surface area contributed by atoms with E-state index in [0.29, 0.717) is 38.3 Å². The molecule has 7 heteroatoms. The van der Waals surface area contributed by atoms with E-state index >= 15 is 0 Å². The fraction of sp³-hybridized carbons (Fsp3) is 0.500. The van der Waals surface area contributed by atoms with Gasteiger partial charge in [0.15, 0.2) is 0 Å². The molecule has 1 fully saturated rings. The predicted octanol–water partition coefficient (Wildman–Crippen LogP) is 2.14. The van der Waals surface area contributed by atoms with E-state index in [1.54, 1.807) is 4.90 Å². The molecule has 0 aliphatic carbocycles. The zero-order chi connectivity index (χ0) is 17.8. The number of fused-ring (bicyclic) bond motifs is 1. The van der Waals surface area contributed by atoms with Crippen molar-refractivity contribution in [1.29, 1.82) is 0 Å². The molecular formula is C18H25N5O2. The van der Waals surface area contributed by atoms with Gasteiger partial charge in [-0.2, -0.15) is 0 Å². The molecule has 3 amide bonds. The van der Waals surface area contributed by atoms with Gasteiger partial charge in [0.25, 0.3) is 5.91 Å². The van der Waals surface area contributed by atoms with Crippen molar-refractivity contribution in [3.63, 3.8) is 0 Å². The van der Waals surface area contributed by atoms with Crippen LogP contribution in [0.4, 0.5) is 4.79 Å². The second kappa shape index (κ2) is 7.55. The first-order valence-electron chi connectivity index (χ1n) is 8.87. The van der Waals surface area contributed by atoms with Gasteiger partial charge in [0, 0.05) is 38.3 Å². The molecule has 2 heterocycles. The van der Waals surface area contributed by atoms with Gasteiger partial charge in [-0.15, -0.1) is 0 Å². The van der Waals surface area contributed by atoms with Crippen LogP contribution in [0.5, 0.6) is 0 Å². The van der Waals surface area contributed by atoms with E-state index in [1.165, 1.54) is 0 Å². The minimum Gasteiger partial charge on any atom is -0.342 e. The second-order valence-electron chi connectivity index (χ2n) is 6.42. The Hall–Kier alpha value is -2.57. The van der Waals surface area contributed by atoms with Crippen LogP contribution in [0, 0.1) is 6.92 Å². The molecule has 2 N–H and O–H groups in total. The van der Waals surface area contributed by atoms with Gasteiger partial charge in [0.2, 0.25) is 0 Å². The lowest BCUT2D eigenvalue weighted by molar-refractivity contribution is 0.0762. The summed E-state index contributed by atoms with van der Waals surface area (Å²) < 4.78 is 0. The number of hydrogen-bond acceptors (Lipinski definition) is 3. The maximum atomic E-state index is 12.8. The topological polar surface area (TPSA) is 81.3 Å². The molecule has 0 unspecified atom stereocenters. The van der Waals surface area contributed by atoms with Crippen LogP contribution in [0.15, 0.2) is 18.2 Å². The van der Waals surface area contributed by atoms with Gasteiger partial charge >= 0.3 is 6.03 Å². The Kier molecular flexibility index (Phi) is 5.21. The Morgan fingerprint density at radius 1 is 1.20 bits per heavy atom. The number of aromatic amines is 1. The number of hydrogen-bond donors (Lipinski definition) is 2. The molecule has 0 spiro atoms. The van der Waals surface area contributed by atoms with Gasteiger partial charge in [0.1, 0.15) is 5.82 Å². The predicted molar refractivity (Wildman–Crippen MR) is 96.6 cm³/mol. The van der Waals surface area contributed by atoms with Crippen LogP contribution in [-0.4, -0.2) is 64.4 Å². The lowest BCUT2D eigenvalue weighted by Crippen LogP contribution is -2.42. The Bertz CT molecular complexity index is 770. The molecule has 2 aromatic rings. The number of H-pyrrole nitrogens is 1. The van der Waals surface area contributed by atoms with E-state index in [9.17, 15) is 9.59 Å². The van der Waals surface area contributed by atoms with E-state index in [1.807, 2.05) is 36.9 Å². The number of aryl methyl sites for hydroxylation is 1. The first-order chi connectivity index (χ1) is 12.1. The van der Waals surface area contributed by atoms with Crippen molar-refractivity contribution in [2.45, 2.75) is 26.7 Å². The smallest absolute Gasteiger partial charge is 0.317 e. The highest BCUT2D eigenvalue weighted by Gasteiger charge is 2.23. The molecule has 0 radical (unpaired) electrons. The van der Waals surface area contributed by atoms with Crippen LogP contribution in [-0.2, 0) is 0 Å². The van der Waals surface area contributed by atoms with E-state index in [-0.39, 0.29) is 11.9 Å². The summed E-state index contributed by atoms with van der Waals surface area (Å²) in [5.74, 6) is 0.841. The molecule has 134 valence electrons. The summed E-state index contributed by atoms with van der Waals surface area (Å²) in [5.41, 5.74) is 2.39. The van der Waals surface area contributed by atoms with Gasteiger partial charge in [-0.3, -0.25) is 4.79 Å². The highest BCUT2D eigenvalue weighted by molar-refractivity contribution is 5.97. The number of nitrogens with zero attached hydrogens (tertiary/aromatic N) is 3. The van der Waals surface area contributed by atoms with Gasteiger partial charge in [-0.05, 0) is 38.0 Å². The molecule has 0 bridgehead atoms. The minimum absolute atomic E-state index is 0.00460. The number of urea groups is 1. The summed E-state index contributed by atoms with van der Waals surface area (Å²) in [6.45, 7) is 7.07. The van der Waals surface area contributed by atoms with Gasteiger partial charge in [-0.25, -0.2) is 9.78 Å². The zero-order valence-electron chi connectivity index (χ0n) is 14.8. The van der Waals surface area contributed by atoms with Crippen molar-refractivity contribution >= 4 is 23.0 Å². The van der Waals surface area contributed by atoms with Gasteiger partial charge in [-0.1, -0.05) is 6.92 Å². The minimum atomic E-state index is -0.0366. The first kappa shape index (κ1) is 17.3. The standard InChI is InChI=1S/C18H25N5O2/c1-3-7-19-18(25)23-9-4-8-22(10-11-23)17(24)14-5-6-15-16(12-14)21-13(2)20-15/h5-6,12H,3-4,7-11H2,1-2H3,(H,19,25)(H,20,21). The maximum absolute atomic E-state index is 12.8. The highest BCUT2D eigenvalue weighted by Crippen LogP contribution is 2.16. The molecule has 1 aliphatic rings. The summed E-state index contributed by atoms with van der Waals surface area (Å²) in [6, 6.07) is 5.51. The first-order valence-corrected chi connectivity index (χ1v) is 8.87. The fourth-order valence-corrected chi connectivity index (χ4v) is 3.12. The van der Waals surface area contributed by atoms with Crippen LogP contribution in [0.25, 0.3) is 11.0 Å². The Labute approximate surface area is 147 Å². The fourth-order valence-electron chi connectivity index (χ4n) is 3.12. The number of rotatable bonds is 3. The number of aromatic nitrogens is 2. The van der Waals surface area contributed by atoms with Crippen molar-refractivity contribution in [2.75, 3.05) is 32.7 Å². The molecular weight excluding hydrogens is 318 g/mol. The van der Waals surface area contributed by atoms with Crippen LogP contribution in [0.3, 0.4) is 0 Å². The van der Waals surface area contributed by atoms with Crippen molar-refractivity contribution in [2.24, 2.45) is 0 Å². The molecule has 1 aromatic carbocycles. The third-order valence-corrected chi connectivity index (χ3v) is 4.44. The van der Waals surface area contributed by atoms with Crippen LogP contribution in [0.1, 0.15) is 35.9 Å². The molecule has 7 nitrogen and oxygen atoms in total. The van der Waals surface area contributed by atoms with Gasteiger partial charge in [0.05, 0.1) is 11.0 Å². The van der Waals surface area contributed by atoms with E-state index < -0.39 is 0 Å². The number of benzene rings is 1. The molecule has 0 saturated carbocycles. The average molecular weight is 343 g/mol. The summed E-state index contributed by atoms with van der Waals surface area (Å²) in [4.78, 5) is 36.1. The second-order valence-corrected chi connectivity index (χ2v) is 6.42. The number of amides is 3. The van der Waals surface area contributed by atoms with Gasteiger partial charge < -0.3 is 20.1 Å². The highest BCUT2D eigenvalue weighted by atomic mass is 16.2. The van der Waals surface area contributed by atoms with Crippen molar-refractivity contribution < 1.29 is 9.59 Å².